The quantitative estimate of drug-likeness (QED) is 0.641. The molecule has 0 unspecified atom stereocenters. The van der Waals surface area contributed by atoms with Gasteiger partial charge >= 0.3 is 5.97 Å². The molecule has 0 aromatic heterocycles. The van der Waals surface area contributed by atoms with Crippen LogP contribution in [0.15, 0.2) is 72.8 Å². The van der Waals surface area contributed by atoms with E-state index in [9.17, 15) is 9.90 Å². The minimum absolute atomic E-state index is 0.0283. The lowest BCUT2D eigenvalue weighted by Gasteiger charge is -2.06. The fourth-order valence-corrected chi connectivity index (χ4v) is 2.66. The van der Waals surface area contributed by atoms with Crippen LogP contribution in [0.3, 0.4) is 0 Å². The topological polar surface area (TPSA) is 57.5 Å². The van der Waals surface area contributed by atoms with E-state index >= 15 is 0 Å². The van der Waals surface area contributed by atoms with Crippen LogP contribution >= 0.6 is 0 Å². The van der Waals surface area contributed by atoms with Crippen LogP contribution in [-0.2, 0) is 0 Å². The Balaban J connectivity index is 1.84. The van der Waals surface area contributed by atoms with E-state index in [-0.39, 0.29) is 11.3 Å². The number of benzene rings is 3. The summed E-state index contributed by atoms with van der Waals surface area (Å²) in [5, 5.41) is 18.8. The number of phenolic OH excluding ortho intramolecular Hbond substituents is 1. The maximum absolute atomic E-state index is 10.9. The summed E-state index contributed by atoms with van der Waals surface area (Å²) in [6.45, 7) is 2.06. The van der Waals surface area contributed by atoms with Gasteiger partial charge in [0.25, 0.3) is 0 Å². The first-order valence-electron chi connectivity index (χ1n) is 8.45. The average Bonchev–Trinajstić information content (AvgIpc) is 2.67. The van der Waals surface area contributed by atoms with E-state index < -0.39 is 5.97 Å². The molecule has 0 aliphatic rings. The zero-order chi connectivity index (χ0) is 19.2. The third-order valence-corrected chi connectivity index (χ3v) is 4.12. The lowest BCUT2D eigenvalue weighted by molar-refractivity contribution is 0.0696. The van der Waals surface area contributed by atoms with Crippen molar-refractivity contribution in [3.05, 3.63) is 95.1 Å². The molecule has 132 valence electrons. The van der Waals surface area contributed by atoms with E-state index in [0.717, 1.165) is 16.7 Å². The monoisotopic (exact) mass is 354 g/mol. The molecule has 0 aliphatic heterocycles. The van der Waals surface area contributed by atoms with Crippen molar-refractivity contribution in [1.29, 1.82) is 0 Å². The minimum atomic E-state index is -1.09. The predicted octanol–water partition coefficient (Wildman–Crippen LogP) is 5.13. The van der Waals surface area contributed by atoms with Gasteiger partial charge in [0.05, 0.1) is 11.1 Å². The van der Waals surface area contributed by atoms with E-state index in [1.165, 1.54) is 23.8 Å². The molecule has 0 saturated heterocycles. The van der Waals surface area contributed by atoms with Gasteiger partial charge in [-0.05, 0) is 54.0 Å². The Hall–Kier alpha value is -3.77. The highest BCUT2D eigenvalue weighted by molar-refractivity contribution is 5.88. The van der Waals surface area contributed by atoms with Gasteiger partial charge in [0.1, 0.15) is 5.75 Å². The first kappa shape index (κ1) is 18.0. The van der Waals surface area contributed by atoms with Gasteiger partial charge in [-0.1, -0.05) is 65.9 Å². The van der Waals surface area contributed by atoms with Crippen molar-refractivity contribution in [3.63, 3.8) is 0 Å². The predicted molar refractivity (Wildman–Crippen MR) is 108 cm³/mol. The lowest BCUT2D eigenvalue weighted by Crippen LogP contribution is -1.95. The standard InChI is InChI=1S/C24H18O3/c1-17-10-12-19(13-11-17)22-9-5-4-7-18(22)6-2-3-8-20-14-15-21(24(26)27)16-23(20)25/h2,4-7,9-16,25H,1H3,(H,26,27). The largest absolute Gasteiger partial charge is 0.507 e. The molecule has 0 saturated carbocycles. The van der Waals surface area contributed by atoms with Crippen molar-refractivity contribution >= 4 is 12.0 Å². The van der Waals surface area contributed by atoms with Crippen molar-refractivity contribution in [3.8, 4) is 28.7 Å². The van der Waals surface area contributed by atoms with E-state index in [1.807, 2.05) is 24.3 Å². The first-order valence-corrected chi connectivity index (χ1v) is 8.45. The molecule has 0 amide bonds. The molecular weight excluding hydrogens is 336 g/mol. The number of hydrogen-bond acceptors (Lipinski definition) is 2. The minimum Gasteiger partial charge on any atom is -0.507 e. The van der Waals surface area contributed by atoms with E-state index in [2.05, 4.69) is 49.1 Å². The van der Waals surface area contributed by atoms with Crippen molar-refractivity contribution < 1.29 is 15.0 Å². The van der Waals surface area contributed by atoms with E-state index in [4.69, 9.17) is 5.11 Å². The van der Waals surface area contributed by atoms with Crippen LogP contribution in [0.4, 0.5) is 0 Å². The summed E-state index contributed by atoms with van der Waals surface area (Å²) in [7, 11) is 0. The van der Waals surface area contributed by atoms with Gasteiger partial charge in [-0.25, -0.2) is 4.79 Å². The zero-order valence-corrected chi connectivity index (χ0v) is 14.8. The summed E-state index contributed by atoms with van der Waals surface area (Å²) in [5.41, 5.74) is 4.92. The molecule has 0 atom stereocenters. The molecule has 2 N–H and O–H groups in total. The number of carboxylic acids is 1. The summed E-state index contributed by atoms with van der Waals surface area (Å²) in [4.78, 5) is 10.9. The smallest absolute Gasteiger partial charge is 0.335 e. The van der Waals surface area contributed by atoms with Crippen LogP contribution in [0, 0.1) is 18.8 Å². The molecule has 0 spiro atoms. The Labute approximate surface area is 158 Å². The van der Waals surface area contributed by atoms with Crippen LogP contribution in [0.1, 0.15) is 27.0 Å². The molecule has 3 rings (SSSR count). The fourth-order valence-electron chi connectivity index (χ4n) is 2.66. The van der Waals surface area contributed by atoms with Crippen LogP contribution in [0.25, 0.3) is 17.2 Å². The second kappa shape index (κ2) is 8.07. The van der Waals surface area contributed by atoms with Crippen LogP contribution in [-0.4, -0.2) is 16.2 Å². The molecule has 0 radical (unpaired) electrons. The molecule has 0 bridgehead atoms. The normalized spacial score (nSPS) is 10.4. The van der Waals surface area contributed by atoms with Crippen molar-refractivity contribution in [2.75, 3.05) is 0 Å². The highest BCUT2D eigenvalue weighted by atomic mass is 16.4. The Morgan fingerprint density at radius 2 is 1.74 bits per heavy atom. The summed E-state index contributed by atoms with van der Waals surface area (Å²) in [5.74, 6) is 4.50. The number of rotatable bonds is 3. The third kappa shape index (κ3) is 4.45. The molecular formula is C24H18O3. The summed E-state index contributed by atoms with van der Waals surface area (Å²) < 4.78 is 0. The highest BCUT2D eigenvalue weighted by Gasteiger charge is 2.05. The Morgan fingerprint density at radius 3 is 2.44 bits per heavy atom. The fraction of sp³-hybridized carbons (Fsp3) is 0.0417. The molecule has 0 heterocycles. The number of carboxylic acid groups (broad SMARTS) is 1. The molecule has 3 nitrogen and oxygen atoms in total. The van der Waals surface area contributed by atoms with Crippen LogP contribution in [0.2, 0.25) is 0 Å². The number of allylic oxidation sites excluding steroid dienone is 1. The number of carbonyl (C=O) groups is 1. The molecule has 3 heteroatoms. The van der Waals surface area contributed by atoms with Gasteiger partial charge in [0.15, 0.2) is 0 Å². The van der Waals surface area contributed by atoms with Gasteiger partial charge in [-0.2, -0.15) is 0 Å². The lowest BCUT2D eigenvalue weighted by atomic mass is 9.98. The zero-order valence-electron chi connectivity index (χ0n) is 14.8. The molecule has 3 aromatic carbocycles. The van der Waals surface area contributed by atoms with E-state index in [1.54, 1.807) is 6.08 Å². The molecule has 0 fully saturated rings. The number of hydrogen-bond donors (Lipinski definition) is 2. The number of phenols is 1. The van der Waals surface area contributed by atoms with Gasteiger partial charge < -0.3 is 10.2 Å². The first-order chi connectivity index (χ1) is 13.0. The second-order valence-corrected chi connectivity index (χ2v) is 6.09. The summed E-state index contributed by atoms with van der Waals surface area (Å²) >= 11 is 0. The second-order valence-electron chi connectivity index (χ2n) is 6.09. The van der Waals surface area contributed by atoms with Gasteiger partial charge in [-0.3, -0.25) is 0 Å². The summed E-state index contributed by atoms with van der Waals surface area (Å²) in [6.07, 6.45) is 3.64. The summed E-state index contributed by atoms with van der Waals surface area (Å²) in [6, 6.07) is 20.5. The molecule has 0 aliphatic carbocycles. The van der Waals surface area contributed by atoms with Gasteiger partial charge in [0, 0.05) is 0 Å². The maximum Gasteiger partial charge on any atom is 0.335 e. The van der Waals surface area contributed by atoms with Crippen molar-refractivity contribution in [1.82, 2.24) is 0 Å². The third-order valence-electron chi connectivity index (χ3n) is 4.12. The number of aromatic carboxylic acids is 1. The van der Waals surface area contributed by atoms with Crippen LogP contribution < -0.4 is 0 Å². The van der Waals surface area contributed by atoms with Gasteiger partial charge in [0.2, 0.25) is 0 Å². The van der Waals surface area contributed by atoms with Crippen LogP contribution in [0.5, 0.6) is 5.75 Å². The molecule has 27 heavy (non-hydrogen) atoms. The van der Waals surface area contributed by atoms with Crippen molar-refractivity contribution in [2.45, 2.75) is 6.92 Å². The van der Waals surface area contributed by atoms with Gasteiger partial charge in [-0.15, -0.1) is 0 Å². The number of aryl methyl sites for hydroxylation is 1. The highest BCUT2D eigenvalue weighted by Crippen LogP contribution is 2.25. The SMILES string of the molecule is Cc1ccc(-c2ccccc2C=CC#Cc2ccc(C(=O)O)cc2O)cc1. The molecule has 3 aromatic rings. The number of aromatic hydroxyl groups is 1. The van der Waals surface area contributed by atoms with Crippen molar-refractivity contribution in [2.24, 2.45) is 0 Å². The Morgan fingerprint density at radius 1 is 1.00 bits per heavy atom. The maximum atomic E-state index is 10.9. The van der Waals surface area contributed by atoms with E-state index in [0.29, 0.717) is 5.56 Å². The Kier molecular flexibility index (Phi) is 5.39. The Bertz CT molecular complexity index is 1060. The average molecular weight is 354 g/mol.